The summed E-state index contributed by atoms with van der Waals surface area (Å²) >= 11 is 0. The Balaban J connectivity index is 1.84. The molecule has 0 saturated heterocycles. The lowest BCUT2D eigenvalue weighted by molar-refractivity contribution is -0.137. The van der Waals surface area contributed by atoms with Crippen LogP contribution >= 0.6 is 0 Å². The molecule has 0 bridgehead atoms. The fourth-order valence-corrected chi connectivity index (χ4v) is 2.43. The first-order valence-corrected chi connectivity index (χ1v) is 7.90. The average molecular weight is 365 g/mol. The van der Waals surface area contributed by atoms with E-state index in [1.807, 2.05) is 0 Å². The summed E-state index contributed by atoms with van der Waals surface area (Å²) < 4.78 is 1.30. The molecule has 3 rings (SSSR count). The second-order valence-electron chi connectivity index (χ2n) is 5.52. The van der Waals surface area contributed by atoms with Crippen LogP contribution in [0.1, 0.15) is 16.1 Å². The smallest absolute Gasteiger partial charge is 0.287 e. The second kappa shape index (κ2) is 7.95. The van der Waals surface area contributed by atoms with Gasteiger partial charge in [-0.3, -0.25) is 19.4 Å². The molecule has 0 aromatic carbocycles. The van der Waals surface area contributed by atoms with Crippen molar-refractivity contribution >= 4 is 17.6 Å². The number of nitrogens with two attached hydrogens (primary N) is 1. The van der Waals surface area contributed by atoms with Crippen molar-refractivity contribution in [2.75, 3.05) is 0 Å². The van der Waals surface area contributed by atoms with Gasteiger partial charge in [-0.05, 0) is 17.7 Å². The first kappa shape index (κ1) is 17.9. The van der Waals surface area contributed by atoms with Crippen molar-refractivity contribution in [1.82, 2.24) is 30.0 Å². The van der Waals surface area contributed by atoms with Crippen molar-refractivity contribution in [3.8, 4) is 5.82 Å². The van der Waals surface area contributed by atoms with Gasteiger partial charge in [0.15, 0.2) is 5.82 Å². The third-order valence-electron chi connectivity index (χ3n) is 3.69. The normalized spacial score (nSPS) is 11.6. The lowest BCUT2D eigenvalue weighted by atomic mass is 10.0. The van der Waals surface area contributed by atoms with Gasteiger partial charge in [-0.25, -0.2) is 14.6 Å². The van der Waals surface area contributed by atoms with Crippen molar-refractivity contribution < 1.29 is 14.4 Å². The number of hydrogen-bond acceptors (Lipinski definition) is 7. The maximum Gasteiger partial charge on any atom is 0.287 e. The summed E-state index contributed by atoms with van der Waals surface area (Å²) in [4.78, 5) is 48.0. The number of pyridine rings is 1. The van der Waals surface area contributed by atoms with E-state index in [-0.39, 0.29) is 12.1 Å². The standard InChI is InChI=1S/C17H15N7O3/c18-16(26)15(25)12(8-11-2-1-5-19-9-11)23-17(27)13-3-7-22-24(13)14-4-6-20-10-21-14/h1-7,9-10,12H,8H2,(H2,18,26)(H,23,27). The van der Waals surface area contributed by atoms with Crippen LogP contribution in [-0.2, 0) is 16.0 Å². The predicted molar refractivity (Wildman–Crippen MR) is 92.6 cm³/mol. The molecule has 10 nitrogen and oxygen atoms in total. The number of amides is 2. The van der Waals surface area contributed by atoms with E-state index in [0.717, 1.165) is 0 Å². The lowest BCUT2D eigenvalue weighted by Gasteiger charge is -2.16. The van der Waals surface area contributed by atoms with Gasteiger partial charge in [0.05, 0.1) is 6.20 Å². The van der Waals surface area contributed by atoms with E-state index in [1.165, 1.54) is 29.5 Å². The zero-order valence-corrected chi connectivity index (χ0v) is 14.0. The minimum Gasteiger partial charge on any atom is -0.363 e. The molecule has 10 heteroatoms. The first-order valence-electron chi connectivity index (χ1n) is 7.90. The minimum atomic E-state index is -1.13. The molecule has 2 amide bonds. The van der Waals surface area contributed by atoms with Gasteiger partial charge in [0.25, 0.3) is 11.8 Å². The third kappa shape index (κ3) is 4.18. The van der Waals surface area contributed by atoms with Gasteiger partial charge in [-0.1, -0.05) is 6.07 Å². The highest BCUT2D eigenvalue weighted by Crippen LogP contribution is 2.09. The maximum absolute atomic E-state index is 12.7. The highest BCUT2D eigenvalue weighted by Gasteiger charge is 2.27. The minimum absolute atomic E-state index is 0.0724. The average Bonchev–Trinajstić information content (AvgIpc) is 3.18. The van der Waals surface area contributed by atoms with E-state index in [1.54, 1.807) is 30.6 Å². The second-order valence-corrected chi connectivity index (χ2v) is 5.52. The number of ketones is 1. The third-order valence-corrected chi connectivity index (χ3v) is 3.69. The van der Waals surface area contributed by atoms with Crippen LogP contribution in [0.25, 0.3) is 5.82 Å². The Morgan fingerprint density at radius 3 is 2.63 bits per heavy atom. The van der Waals surface area contributed by atoms with Gasteiger partial charge in [0, 0.05) is 31.1 Å². The largest absolute Gasteiger partial charge is 0.363 e. The van der Waals surface area contributed by atoms with Crippen LogP contribution in [0.5, 0.6) is 0 Å². The predicted octanol–water partition coefficient (Wildman–Crippen LogP) is -0.547. The summed E-state index contributed by atoms with van der Waals surface area (Å²) in [7, 11) is 0. The Morgan fingerprint density at radius 2 is 1.96 bits per heavy atom. The number of carbonyl (C=O) groups excluding carboxylic acids is 3. The van der Waals surface area contributed by atoms with E-state index in [0.29, 0.717) is 11.4 Å². The van der Waals surface area contributed by atoms with E-state index in [4.69, 9.17) is 5.73 Å². The summed E-state index contributed by atoms with van der Waals surface area (Å²) in [6.07, 6.45) is 7.44. The fraction of sp³-hybridized carbons (Fsp3) is 0.118. The van der Waals surface area contributed by atoms with Crippen molar-refractivity contribution in [2.24, 2.45) is 5.73 Å². The molecule has 3 aromatic heterocycles. The molecular weight excluding hydrogens is 350 g/mol. The number of nitrogens with zero attached hydrogens (tertiary/aromatic N) is 5. The highest BCUT2D eigenvalue weighted by molar-refractivity contribution is 6.38. The quantitative estimate of drug-likeness (QED) is 0.534. The molecule has 136 valence electrons. The van der Waals surface area contributed by atoms with Gasteiger partial charge in [-0.2, -0.15) is 5.10 Å². The molecule has 3 N–H and O–H groups in total. The van der Waals surface area contributed by atoms with Crippen molar-refractivity contribution in [1.29, 1.82) is 0 Å². The summed E-state index contributed by atoms with van der Waals surface area (Å²) in [5, 5.41) is 6.60. The molecule has 3 aromatic rings. The van der Waals surface area contributed by atoms with Gasteiger partial charge >= 0.3 is 0 Å². The fourth-order valence-electron chi connectivity index (χ4n) is 2.43. The Hall–Kier alpha value is -3.95. The topological polar surface area (TPSA) is 146 Å². The van der Waals surface area contributed by atoms with Crippen LogP contribution in [0.4, 0.5) is 0 Å². The molecule has 27 heavy (non-hydrogen) atoms. The first-order chi connectivity index (χ1) is 13.1. The number of aromatic nitrogens is 5. The van der Waals surface area contributed by atoms with E-state index < -0.39 is 23.6 Å². The van der Waals surface area contributed by atoms with E-state index in [2.05, 4.69) is 25.4 Å². The molecular formula is C17H15N7O3. The molecule has 0 saturated carbocycles. The Labute approximate surface area is 153 Å². The lowest BCUT2D eigenvalue weighted by Crippen LogP contribution is -2.47. The molecule has 0 aliphatic heterocycles. The zero-order chi connectivity index (χ0) is 19.2. The highest BCUT2D eigenvalue weighted by atomic mass is 16.2. The van der Waals surface area contributed by atoms with E-state index >= 15 is 0 Å². The molecule has 1 unspecified atom stereocenters. The summed E-state index contributed by atoms with van der Waals surface area (Å²) in [6.45, 7) is 0. The van der Waals surface area contributed by atoms with Gasteiger partial charge < -0.3 is 11.1 Å². The van der Waals surface area contributed by atoms with Crippen LogP contribution in [0.15, 0.2) is 55.4 Å². The van der Waals surface area contributed by atoms with Crippen LogP contribution in [-0.4, -0.2) is 48.4 Å². The zero-order valence-electron chi connectivity index (χ0n) is 14.0. The molecule has 3 heterocycles. The number of Topliss-reactive ketones (excluding diaryl/α,β-unsaturated/α-hetero) is 1. The van der Waals surface area contributed by atoms with Crippen LogP contribution in [0.2, 0.25) is 0 Å². The van der Waals surface area contributed by atoms with Crippen molar-refractivity contribution in [3.05, 3.63) is 66.6 Å². The van der Waals surface area contributed by atoms with Gasteiger partial charge in [-0.15, -0.1) is 0 Å². The van der Waals surface area contributed by atoms with Gasteiger partial charge in [0.2, 0.25) is 5.78 Å². The summed E-state index contributed by atoms with van der Waals surface area (Å²) in [6, 6.07) is 5.32. The van der Waals surface area contributed by atoms with Crippen molar-refractivity contribution in [3.63, 3.8) is 0 Å². The Kier molecular flexibility index (Phi) is 5.26. The molecule has 0 radical (unpaired) electrons. The molecule has 0 aliphatic rings. The van der Waals surface area contributed by atoms with Gasteiger partial charge in [0.1, 0.15) is 18.1 Å². The number of primary amides is 1. The molecule has 0 spiro atoms. The van der Waals surface area contributed by atoms with Crippen LogP contribution < -0.4 is 11.1 Å². The summed E-state index contributed by atoms with van der Waals surface area (Å²) in [5.74, 6) is -2.26. The number of rotatable bonds is 7. The molecule has 0 fully saturated rings. The van der Waals surface area contributed by atoms with Crippen LogP contribution in [0.3, 0.4) is 0 Å². The number of hydrogen-bond donors (Lipinski definition) is 2. The van der Waals surface area contributed by atoms with Crippen LogP contribution in [0, 0.1) is 0 Å². The Morgan fingerprint density at radius 1 is 1.11 bits per heavy atom. The number of carbonyl (C=O) groups is 3. The maximum atomic E-state index is 12.7. The Bertz CT molecular complexity index is 957. The monoisotopic (exact) mass is 365 g/mol. The SMILES string of the molecule is NC(=O)C(=O)C(Cc1cccnc1)NC(=O)c1ccnn1-c1ccncn1. The molecule has 1 atom stereocenters. The molecule has 0 aliphatic carbocycles. The number of nitrogens with one attached hydrogen (secondary N) is 1. The van der Waals surface area contributed by atoms with E-state index in [9.17, 15) is 14.4 Å². The van der Waals surface area contributed by atoms with Crippen molar-refractivity contribution in [2.45, 2.75) is 12.5 Å². The summed E-state index contributed by atoms with van der Waals surface area (Å²) in [5.41, 5.74) is 5.93.